The van der Waals surface area contributed by atoms with Crippen molar-refractivity contribution in [3.05, 3.63) is 57.8 Å². The zero-order chi connectivity index (χ0) is 12.1. The molecule has 86 valence electrons. The van der Waals surface area contributed by atoms with Crippen LogP contribution in [0.5, 0.6) is 0 Å². The first-order valence-electron chi connectivity index (χ1n) is 5.19. The summed E-state index contributed by atoms with van der Waals surface area (Å²) in [6.07, 6.45) is 1.64. The third kappa shape index (κ3) is 3.26. The number of hydrazone groups is 1. The lowest BCUT2D eigenvalue weighted by molar-refractivity contribution is 0.0955. The molecule has 1 heterocycles. The van der Waals surface area contributed by atoms with Crippen molar-refractivity contribution < 1.29 is 4.79 Å². The summed E-state index contributed by atoms with van der Waals surface area (Å²) in [7, 11) is 0. The van der Waals surface area contributed by atoms with Gasteiger partial charge in [-0.3, -0.25) is 4.79 Å². The van der Waals surface area contributed by atoms with Gasteiger partial charge in [0.05, 0.1) is 6.21 Å². The van der Waals surface area contributed by atoms with Gasteiger partial charge in [-0.25, -0.2) is 5.43 Å². The third-order valence-corrected chi connectivity index (χ3v) is 3.02. The van der Waals surface area contributed by atoms with Crippen LogP contribution in [-0.4, -0.2) is 12.1 Å². The van der Waals surface area contributed by atoms with Gasteiger partial charge in [-0.15, -0.1) is 11.3 Å². The van der Waals surface area contributed by atoms with Crippen LogP contribution in [0.15, 0.2) is 46.9 Å². The van der Waals surface area contributed by atoms with Crippen LogP contribution in [0.2, 0.25) is 0 Å². The minimum absolute atomic E-state index is 0.196. The first-order chi connectivity index (χ1) is 8.25. The minimum atomic E-state index is -0.196. The van der Waals surface area contributed by atoms with E-state index in [-0.39, 0.29) is 5.91 Å². The highest BCUT2D eigenvalue weighted by molar-refractivity contribution is 7.11. The highest BCUT2D eigenvalue weighted by Crippen LogP contribution is 2.05. The van der Waals surface area contributed by atoms with Gasteiger partial charge >= 0.3 is 0 Å². The van der Waals surface area contributed by atoms with Crippen LogP contribution < -0.4 is 5.43 Å². The second kappa shape index (κ2) is 5.41. The Hall–Kier alpha value is -1.94. The number of benzene rings is 1. The van der Waals surface area contributed by atoms with Crippen molar-refractivity contribution in [2.75, 3.05) is 0 Å². The highest BCUT2D eigenvalue weighted by atomic mass is 32.1. The maximum Gasteiger partial charge on any atom is 0.271 e. The summed E-state index contributed by atoms with van der Waals surface area (Å²) in [4.78, 5) is 12.7. The minimum Gasteiger partial charge on any atom is -0.267 e. The predicted molar refractivity (Wildman–Crippen MR) is 70.6 cm³/mol. The Balaban J connectivity index is 1.96. The lowest BCUT2D eigenvalue weighted by atomic mass is 10.1. The Labute approximate surface area is 104 Å². The SMILES string of the molecule is Cc1ccc(C(=O)N/N=C\c2cccs2)cc1. The first kappa shape index (κ1) is 11.5. The molecule has 0 aliphatic rings. The molecule has 2 aromatic rings. The van der Waals surface area contributed by atoms with E-state index >= 15 is 0 Å². The first-order valence-corrected chi connectivity index (χ1v) is 6.07. The van der Waals surface area contributed by atoms with Gasteiger partial charge in [-0.1, -0.05) is 23.8 Å². The average Bonchev–Trinajstić information content (AvgIpc) is 2.83. The van der Waals surface area contributed by atoms with Gasteiger partial charge in [0.1, 0.15) is 0 Å². The Morgan fingerprint density at radius 1 is 1.29 bits per heavy atom. The quantitative estimate of drug-likeness (QED) is 0.654. The number of amides is 1. The molecule has 1 aromatic heterocycles. The molecule has 0 bridgehead atoms. The summed E-state index contributed by atoms with van der Waals surface area (Å²) in [6.45, 7) is 1.98. The number of carbonyl (C=O) groups excluding carboxylic acids is 1. The van der Waals surface area contributed by atoms with E-state index in [1.54, 1.807) is 29.7 Å². The van der Waals surface area contributed by atoms with Gasteiger partial charge in [0.15, 0.2) is 0 Å². The molecule has 4 heteroatoms. The number of nitrogens with zero attached hydrogens (tertiary/aromatic N) is 1. The van der Waals surface area contributed by atoms with Crippen molar-refractivity contribution in [3.63, 3.8) is 0 Å². The molecule has 0 saturated heterocycles. The number of hydrogen-bond acceptors (Lipinski definition) is 3. The molecule has 2 rings (SSSR count). The van der Waals surface area contributed by atoms with E-state index in [9.17, 15) is 4.79 Å². The average molecular weight is 244 g/mol. The molecule has 0 fully saturated rings. The van der Waals surface area contributed by atoms with Crippen LogP contribution in [0, 0.1) is 6.92 Å². The molecule has 0 unspecified atom stereocenters. The van der Waals surface area contributed by atoms with Crippen LogP contribution in [0.3, 0.4) is 0 Å². The number of rotatable bonds is 3. The van der Waals surface area contributed by atoms with Crippen molar-refractivity contribution in [2.45, 2.75) is 6.92 Å². The van der Waals surface area contributed by atoms with Gasteiger partial charge < -0.3 is 0 Å². The number of carbonyl (C=O) groups is 1. The Morgan fingerprint density at radius 2 is 2.06 bits per heavy atom. The predicted octanol–water partition coefficient (Wildman–Crippen LogP) is 2.82. The molecule has 3 nitrogen and oxygen atoms in total. The normalized spacial score (nSPS) is 10.6. The Morgan fingerprint density at radius 3 is 2.71 bits per heavy atom. The van der Waals surface area contributed by atoms with Crippen molar-refractivity contribution in [1.29, 1.82) is 0 Å². The monoisotopic (exact) mass is 244 g/mol. The fourth-order valence-electron chi connectivity index (χ4n) is 1.29. The van der Waals surface area contributed by atoms with Crippen molar-refractivity contribution in [3.8, 4) is 0 Å². The molecular formula is C13H12N2OS. The van der Waals surface area contributed by atoms with E-state index in [1.165, 1.54) is 0 Å². The molecular weight excluding hydrogens is 232 g/mol. The summed E-state index contributed by atoms with van der Waals surface area (Å²) >= 11 is 1.57. The molecule has 0 saturated carbocycles. The molecule has 1 aromatic carbocycles. The van der Waals surface area contributed by atoms with Crippen molar-refractivity contribution in [2.24, 2.45) is 5.10 Å². The van der Waals surface area contributed by atoms with Crippen molar-refractivity contribution in [1.82, 2.24) is 5.43 Å². The molecule has 0 spiro atoms. The van der Waals surface area contributed by atoms with Crippen LogP contribution in [0.1, 0.15) is 20.8 Å². The Bertz CT molecular complexity index is 515. The molecule has 0 aliphatic carbocycles. The number of aryl methyl sites for hydroxylation is 1. The topological polar surface area (TPSA) is 41.5 Å². The highest BCUT2D eigenvalue weighted by Gasteiger charge is 2.02. The van der Waals surface area contributed by atoms with Gasteiger partial charge in [-0.05, 0) is 30.5 Å². The van der Waals surface area contributed by atoms with E-state index in [4.69, 9.17) is 0 Å². The maximum absolute atomic E-state index is 11.7. The second-order valence-electron chi connectivity index (χ2n) is 3.58. The van der Waals surface area contributed by atoms with E-state index in [0.717, 1.165) is 10.4 Å². The van der Waals surface area contributed by atoms with Gasteiger partial charge in [0, 0.05) is 10.4 Å². The Kier molecular flexibility index (Phi) is 3.67. The zero-order valence-electron chi connectivity index (χ0n) is 9.38. The summed E-state index contributed by atoms with van der Waals surface area (Å²) in [5.74, 6) is -0.196. The molecule has 0 radical (unpaired) electrons. The second-order valence-corrected chi connectivity index (χ2v) is 4.56. The molecule has 0 aliphatic heterocycles. The number of hydrogen-bond donors (Lipinski definition) is 1. The smallest absolute Gasteiger partial charge is 0.267 e. The van der Waals surface area contributed by atoms with Crippen LogP contribution in [0.4, 0.5) is 0 Å². The van der Waals surface area contributed by atoms with E-state index < -0.39 is 0 Å². The largest absolute Gasteiger partial charge is 0.271 e. The fourth-order valence-corrected chi connectivity index (χ4v) is 1.87. The van der Waals surface area contributed by atoms with Gasteiger partial charge in [0.25, 0.3) is 5.91 Å². The molecule has 1 amide bonds. The van der Waals surface area contributed by atoms with Gasteiger partial charge in [-0.2, -0.15) is 5.10 Å². The summed E-state index contributed by atoms with van der Waals surface area (Å²) in [5, 5.41) is 5.86. The van der Waals surface area contributed by atoms with E-state index in [2.05, 4.69) is 10.5 Å². The molecule has 0 atom stereocenters. The van der Waals surface area contributed by atoms with Crippen LogP contribution >= 0.6 is 11.3 Å². The summed E-state index contributed by atoms with van der Waals surface area (Å²) in [6, 6.07) is 11.2. The molecule has 17 heavy (non-hydrogen) atoms. The van der Waals surface area contributed by atoms with Crippen LogP contribution in [0.25, 0.3) is 0 Å². The number of thiophene rings is 1. The fraction of sp³-hybridized carbons (Fsp3) is 0.0769. The van der Waals surface area contributed by atoms with Crippen molar-refractivity contribution >= 4 is 23.5 Å². The maximum atomic E-state index is 11.7. The summed E-state index contributed by atoms with van der Waals surface area (Å²) in [5.41, 5.74) is 4.23. The summed E-state index contributed by atoms with van der Waals surface area (Å²) < 4.78 is 0. The molecule has 1 N–H and O–H groups in total. The third-order valence-electron chi connectivity index (χ3n) is 2.21. The zero-order valence-corrected chi connectivity index (χ0v) is 10.2. The van der Waals surface area contributed by atoms with E-state index in [0.29, 0.717) is 5.56 Å². The van der Waals surface area contributed by atoms with Crippen LogP contribution in [-0.2, 0) is 0 Å². The number of nitrogens with one attached hydrogen (secondary N) is 1. The lowest BCUT2D eigenvalue weighted by Gasteiger charge is -1.99. The van der Waals surface area contributed by atoms with E-state index in [1.807, 2.05) is 36.6 Å². The van der Waals surface area contributed by atoms with Gasteiger partial charge in [0.2, 0.25) is 0 Å². The standard InChI is InChI=1S/C13H12N2OS/c1-10-4-6-11(7-5-10)13(16)15-14-9-12-3-2-8-17-12/h2-9H,1H3,(H,15,16)/b14-9-. The lowest BCUT2D eigenvalue weighted by Crippen LogP contribution is -2.17.